The van der Waals surface area contributed by atoms with Gasteiger partial charge in [-0.1, -0.05) is 6.07 Å². The van der Waals surface area contributed by atoms with Crippen LogP contribution in [0, 0.1) is 6.92 Å². The second kappa shape index (κ2) is 5.45. The number of oxazole rings is 1. The van der Waals surface area contributed by atoms with Crippen molar-refractivity contribution in [2.24, 2.45) is 0 Å². The van der Waals surface area contributed by atoms with Gasteiger partial charge in [-0.25, -0.2) is 4.98 Å². The van der Waals surface area contributed by atoms with Crippen LogP contribution in [0.25, 0.3) is 0 Å². The van der Waals surface area contributed by atoms with Gasteiger partial charge in [0.05, 0.1) is 11.7 Å². The topological polar surface area (TPSA) is 59.2 Å². The van der Waals surface area contributed by atoms with Crippen molar-refractivity contribution in [2.45, 2.75) is 32.2 Å². The monoisotopic (exact) mass is 271 g/mol. The van der Waals surface area contributed by atoms with Gasteiger partial charge in [0.15, 0.2) is 12.1 Å². The fourth-order valence-corrected chi connectivity index (χ4v) is 2.70. The summed E-state index contributed by atoms with van der Waals surface area (Å²) in [6.07, 6.45) is 6.17. The molecule has 1 atom stereocenters. The van der Waals surface area contributed by atoms with Crippen LogP contribution in [0.15, 0.2) is 35.2 Å². The van der Waals surface area contributed by atoms with Gasteiger partial charge in [0.1, 0.15) is 5.76 Å². The third kappa shape index (κ3) is 2.31. The fourth-order valence-electron chi connectivity index (χ4n) is 2.70. The van der Waals surface area contributed by atoms with E-state index in [1.165, 1.54) is 6.39 Å². The van der Waals surface area contributed by atoms with E-state index < -0.39 is 0 Å². The molecule has 0 saturated carbocycles. The molecule has 1 saturated heterocycles. The van der Waals surface area contributed by atoms with Gasteiger partial charge in [-0.05, 0) is 38.3 Å². The number of carbonyl (C=O) groups is 1. The number of rotatable bonds is 2. The summed E-state index contributed by atoms with van der Waals surface area (Å²) in [7, 11) is 0. The fraction of sp³-hybridized carbons (Fsp3) is 0.400. The molecule has 20 heavy (non-hydrogen) atoms. The summed E-state index contributed by atoms with van der Waals surface area (Å²) in [4.78, 5) is 23.0. The molecular formula is C15H17N3O2. The molecule has 0 unspecified atom stereocenters. The standard InChI is InChI=1S/C15H17N3O2/c1-11-14(17-10-20-11)15(19)18-9-5-3-7-13(18)12-6-2-4-8-16-12/h2,4,6,8,10,13H,3,5,7,9H2,1H3/t13-/m1/s1. The largest absolute Gasteiger partial charge is 0.448 e. The van der Waals surface area contributed by atoms with E-state index in [1.54, 1.807) is 13.1 Å². The molecule has 0 bridgehead atoms. The van der Waals surface area contributed by atoms with E-state index in [2.05, 4.69) is 9.97 Å². The second-order valence-corrected chi connectivity index (χ2v) is 5.02. The lowest BCUT2D eigenvalue weighted by Gasteiger charge is -2.35. The quantitative estimate of drug-likeness (QED) is 0.842. The molecule has 0 aliphatic carbocycles. The first-order valence-electron chi connectivity index (χ1n) is 6.89. The number of hydrogen-bond donors (Lipinski definition) is 0. The van der Waals surface area contributed by atoms with Crippen molar-refractivity contribution >= 4 is 5.91 Å². The number of likely N-dealkylation sites (tertiary alicyclic amines) is 1. The first-order valence-corrected chi connectivity index (χ1v) is 6.89. The predicted molar refractivity (Wildman–Crippen MR) is 73.1 cm³/mol. The summed E-state index contributed by atoms with van der Waals surface area (Å²) in [5.74, 6) is 0.506. The smallest absolute Gasteiger partial charge is 0.276 e. The Morgan fingerprint density at radius 3 is 2.95 bits per heavy atom. The van der Waals surface area contributed by atoms with Gasteiger partial charge in [-0.2, -0.15) is 0 Å². The lowest BCUT2D eigenvalue weighted by atomic mass is 9.98. The lowest BCUT2D eigenvalue weighted by Crippen LogP contribution is -2.39. The molecule has 1 amide bonds. The zero-order valence-electron chi connectivity index (χ0n) is 11.5. The molecule has 0 radical (unpaired) electrons. The van der Waals surface area contributed by atoms with Crippen molar-refractivity contribution in [3.63, 3.8) is 0 Å². The highest BCUT2D eigenvalue weighted by Gasteiger charge is 2.31. The Balaban J connectivity index is 1.90. The van der Waals surface area contributed by atoms with E-state index >= 15 is 0 Å². The van der Waals surface area contributed by atoms with Crippen LogP contribution in [-0.4, -0.2) is 27.3 Å². The Kier molecular flexibility index (Phi) is 3.50. The minimum absolute atomic E-state index is 0.0357. The normalized spacial score (nSPS) is 19.1. The minimum atomic E-state index is -0.0633. The molecule has 2 aromatic heterocycles. The first-order chi connectivity index (χ1) is 9.77. The maximum absolute atomic E-state index is 12.6. The number of amides is 1. The van der Waals surface area contributed by atoms with E-state index in [4.69, 9.17) is 4.42 Å². The average molecular weight is 271 g/mol. The van der Waals surface area contributed by atoms with Gasteiger partial charge in [-0.15, -0.1) is 0 Å². The number of pyridine rings is 1. The summed E-state index contributed by atoms with van der Waals surface area (Å²) in [6.45, 7) is 2.51. The lowest BCUT2D eigenvalue weighted by molar-refractivity contribution is 0.0599. The Hall–Kier alpha value is -2.17. The predicted octanol–water partition coefficient (Wildman–Crippen LogP) is 2.75. The molecule has 5 heteroatoms. The van der Waals surface area contributed by atoms with Gasteiger partial charge in [0.2, 0.25) is 0 Å². The molecule has 1 aliphatic rings. The van der Waals surface area contributed by atoms with Crippen LogP contribution in [0.1, 0.15) is 47.2 Å². The van der Waals surface area contributed by atoms with Crippen LogP contribution in [0.5, 0.6) is 0 Å². The van der Waals surface area contributed by atoms with Crippen molar-refractivity contribution in [2.75, 3.05) is 6.54 Å². The Morgan fingerprint density at radius 2 is 2.25 bits per heavy atom. The average Bonchev–Trinajstić information content (AvgIpc) is 2.93. The van der Waals surface area contributed by atoms with Crippen LogP contribution < -0.4 is 0 Å². The summed E-state index contributed by atoms with van der Waals surface area (Å²) < 4.78 is 5.14. The van der Waals surface area contributed by atoms with E-state index in [1.807, 2.05) is 23.1 Å². The van der Waals surface area contributed by atoms with Crippen molar-refractivity contribution in [1.82, 2.24) is 14.9 Å². The van der Waals surface area contributed by atoms with Crippen LogP contribution >= 0.6 is 0 Å². The third-order valence-electron chi connectivity index (χ3n) is 3.74. The molecule has 0 spiro atoms. The molecule has 2 aromatic rings. The highest BCUT2D eigenvalue weighted by atomic mass is 16.3. The molecule has 104 valence electrons. The van der Waals surface area contributed by atoms with Crippen molar-refractivity contribution in [3.8, 4) is 0 Å². The maximum atomic E-state index is 12.6. The third-order valence-corrected chi connectivity index (χ3v) is 3.74. The van der Waals surface area contributed by atoms with Gasteiger partial charge < -0.3 is 9.32 Å². The molecule has 3 rings (SSSR count). The Morgan fingerprint density at radius 1 is 1.35 bits per heavy atom. The molecule has 0 aromatic carbocycles. The number of hydrogen-bond acceptors (Lipinski definition) is 4. The zero-order valence-corrected chi connectivity index (χ0v) is 11.5. The summed E-state index contributed by atoms with van der Waals surface area (Å²) in [5, 5.41) is 0. The molecule has 0 N–H and O–H groups in total. The molecular weight excluding hydrogens is 254 g/mol. The van der Waals surface area contributed by atoms with Crippen molar-refractivity contribution in [3.05, 3.63) is 47.9 Å². The van der Waals surface area contributed by atoms with Crippen molar-refractivity contribution < 1.29 is 9.21 Å². The van der Waals surface area contributed by atoms with E-state index in [9.17, 15) is 4.79 Å². The van der Waals surface area contributed by atoms with Crippen molar-refractivity contribution in [1.29, 1.82) is 0 Å². The van der Waals surface area contributed by atoms with E-state index in [0.717, 1.165) is 31.5 Å². The van der Waals surface area contributed by atoms with E-state index in [0.29, 0.717) is 11.5 Å². The van der Waals surface area contributed by atoms with Crippen LogP contribution in [0.3, 0.4) is 0 Å². The number of nitrogens with zero attached hydrogens (tertiary/aromatic N) is 3. The summed E-state index contributed by atoms with van der Waals surface area (Å²) >= 11 is 0. The maximum Gasteiger partial charge on any atom is 0.276 e. The number of carbonyl (C=O) groups excluding carboxylic acids is 1. The van der Waals surface area contributed by atoms with Gasteiger partial charge in [0, 0.05) is 12.7 Å². The summed E-state index contributed by atoms with van der Waals surface area (Å²) in [5.41, 5.74) is 1.36. The molecule has 3 heterocycles. The molecule has 1 aliphatic heterocycles. The zero-order chi connectivity index (χ0) is 13.9. The minimum Gasteiger partial charge on any atom is -0.448 e. The SMILES string of the molecule is Cc1ocnc1C(=O)N1CCCC[C@@H]1c1ccccn1. The Labute approximate surface area is 117 Å². The highest BCUT2D eigenvalue weighted by Crippen LogP contribution is 2.31. The van der Waals surface area contributed by atoms with E-state index in [-0.39, 0.29) is 11.9 Å². The molecule has 5 nitrogen and oxygen atoms in total. The van der Waals surface area contributed by atoms with Gasteiger partial charge in [-0.3, -0.25) is 9.78 Å². The van der Waals surface area contributed by atoms with Gasteiger partial charge in [0.25, 0.3) is 5.91 Å². The van der Waals surface area contributed by atoms with Crippen LogP contribution in [0.4, 0.5) is 0 Å². The molecule has 1 fully saturated rings. The highest BCUT2D eigenvalue weighted by molar-refractivity contribution is 5.93. The second-order valence-electron chi connectivity index (χ2n) is 5.02. The van der Waals surface area contributed by atoms with Gasteiger partial charge >= 0.3 is 0 Å². The Bertz CT molecular complexity index is 594. The van der Waals surface area contributed by atoms with Crippen LogP contribution in [0.2, 0.25) is 0 Å². The summed E-state index contributed by atoms with van der Waals surface area (Å²) in [6, 6.07) is 5.86. The number of aryl methyl sites for hydroxylation is 1. The number of aromatic nitrogens is 2. The number of piperidine rings is 1. The van der Waals surface area contributed by atoms with Crippen LogP contribution in [-0.2, 0) is 0 Å². The first kappa shape index (κ1) is 12.8.